The van der Waals surface area contributed by atoms with Crippen molar-refractivity contribution in [3.63, 3.8) is 0 Å². The van der Waals surface area contributed by atoms with Gasteiger partial charge in [0.1, 0.15) is 0 Å². The van der Waals surface area contributed by atoms with Gasteiger partial charge < -0.3 is 10.1 Å². The summed E-state index contributed by atoms with van der Waals surface area (Å²) in [5.74, 6) is 0.490. The zero-order valence-electron chi connectivity index (χ0n) is 10.9. The Labute approximate surface area is 109 Å². The summed E-state index contributed by atoms with van der Waals surface area (Å²) in [6, 6.07) is 7.82. The minimum absolute atomic E-state index is 0.193. The Bertz CT molecular complexity index is 397. The molecule has 18 heavy (non-hydrogen) atoms. The maximum Gasteiger partial charge on any atom is 0.338 e. The number of nitrogens with one attached hydrogen (secondary N) is 1. The van der Waals surface area contributed by atoms with Crippen molar-refractivity contribution in [1.82, 2.24) is 5.32 Å². The van der Waals surface area contributed by atoms with Crippen molar-refractivity contribution < 1.29 is 9.53 Å². The van der Waals surface area contributed by atoms with Crippen LogP contribution in [0, 0.1) is 5.92 Å². The SMILES string of the molecule is CCOC(=O)c1ccccc1CC1CCNCC1. The standard InChI is InChI=1S/C15H21NO2/c1-2-18-15(17)14-6-4-3-5-13(14)11-12-7-9-16-10-8-12/h3-6,12,16H,2,7-11H2,1H3. The van der Waals surface area contributed by atoms with Gasteiger partial charge in [0.15, 0.2) is 0 Å². The van der Waals surface area contributed by atoms with E-state index in [2.05, 4.69) is 5.32 Å². The fourth-order valence-corrected chi connectivity index (χ4v) is 2.50. The van der Waals surface area contributed by atoms with E-state index in [1.807, 2.05) is 31.2 Å². The normalized spacial score (nSPS) is 16.5. The number of esters is 1. The average Bonchev–Trinajstić information content (AvgIpc) is 2.41. The Morgan fingerprint density at radius 3 is 2.78 bits per heavy atom. The van der Waals surface area contributed by atoms with Gasteiger partial charge in [-0.15, -0.1) is 0 Å². The predicted molar refractivity (Wildman–Crippen MR) is 71.7 cm³/mol. The number of hydrogen-bond donors (Lipinski definition) is 1. The molecule has 0 unspecified atom stereocenters. The van der Waals surface area contributed by atoms with Gasteiger partial charge in [-0.1, -0.05) is 18.2 Å². The van der Waals surface area contributed by atoms with E-state index in [1.54, 1.807) is 0 Å². The Balaban J connectivity index is 2.08. The van der Waals surface area contributed by atoms with Crippen molar-refractivity contribution in [2.24, 2.45) is 5.92 Å². The van der Waals surface area contributed by atoms with Gasteiger partial charge in [-0.2, -0.15) is 0 Å². The summed E-state index contributed by atoms with van der Waals surface area (Å²) in [6.07, 6.45) is 3.37. The van der Waals surface area contributed by atoms with Crippen molar-refractivity contribution in [2.45, 2.75) is 26.2 Å². The molecule has 0 bridgehead atoms. The van der Waals surface area contributed by atoms with E-state index in [-0.39, 0.29) is 5.97 Å². The summed E-state index contributed by atoms with van der Waals surface area (Å²) in [5, 5.41) is 3.37. The zero-order chi connectivity index (χ0) is 12.8. The number of carbonyl (C=O) groups is 1. The molecule has 0 spiro atoms. The highest BCUT2D eigenvalue weighted by Crippen LogP contribution is 2.21. The molecule has 0 aromatic heterocycles. The number of benzene rings is 1. The molecule has 1 heterocycles. The molecular weight excluding hydrogens is 226 g/mol. The first kappa shape index (κ1) is 13.1. The molecule has 0 atom stereocenters. The number of hydrogen-bond acceptors (Lipinski definition) is 3. The van der Waals surface area contributed by atoms with Crippen LogP contribution in [-0.2, 0) is 11.2 Å². The lowest BCUT2D eigenvalue weighted by Gasteiger charge is -2.23. The minimum Gasteiger partial charge on any atom is -0.462 e. The quantitative estimate of drug-likeness (QED) is 0.830. The third-order valence-corrected chi connectivity index (χ3v) is 3.48. The second-order valence-electron chi connectivity index (χ2n) is 4.78. The largest absolute Gasteiger partial charge is 0.462 e. The van der Waals surface area contributed by atoms with Crippen LogP contribution in [0.1, 0.15) is 35.7 Å². The molecule has 1 N–H and O–H groups in total. The number of carbonyl (C=O) groups excluding carboxylic acids is 1. The molecule has 0 radical (unpaired) electrons. The molecule has 98 valence electrons. The summed E-state index contributed by atoms with van der Waals surface area (Å²) in [4.78, 5) is 11.9. The van der Waals surface area contributed by atoms with Gasteiger partial charge in [-0.05, 0) is 56.8 Å². The van der Waals surface area contributed by atoms with Crippen molar-refractivity contribution >= 4 is 5.97 Å². The van der Waals surface area contributed by atoms with E-state index >= 15 is 0 Å². The Morgan fingerprint density at radius 2 is 2.06 bits per heavy atom. The van der Waals surface area contributed by atoms with Crippen molar-refractivity contribution in [3.8, 4) is 0 Å². The lowest BCUT2D eigenvalue weighted by molar-refractivity contribution is 0.0524. The van der Waals surface area contributed by atoms with Crippen LogP contribution < -0.4 is 5.32 Å². The van der Waals surface area contributed by atoms with Crippen LogP contribution in [-0.4, -0.2) is 25.7 Å². The molecule has 1 aliphatic heterocycles. The van der Waals surface area contributed by atoms with Gasteiger partial charge in [0, 0.05) is 0 Å². The van der Waals surface area contributed by atoms with Crippen LogP contribution in [0.15, 0.2) is 24.3 Å². The molecule has 0 aliphatic carbocycles. The summed E-state index contributed by atoms with van der Waals surface area (Å²) in [7, 11) is 0. The highest BCUT2D eigenvalue weighted by atomic mass is 16.5. The molecule has 3 nitrogen and oxygen atoms in total. The third kappa shape index (κ3) is 3.33. The highest BCUT2D eigenvalue weighted by Gasteiger charge is 2.17. The molecule has 0 amide bonds. The highest BCUT2D eigenvalue weighted by molar-refractivity contribution is 5.91. The first-order valence-corrected chi connectivity index (χ1v) is 6.77. The van der Waals surface area contributed by atoms with Gasteiger partial charge in [0.2, 0.25) is 0 Å². The third-order valence-electron chi connectivity index (χ3n) is 3.48. The van der Waals surface area contributed by atoms with Gasteiger partial charge in [-0.3, -0.25) is 0 Å². The van der Waals surface area contributed by atoms with Crippen molar-refractivity contribution in [1.29, 1.82) is 0 Å². The average molecular weight is 247 g/mol. The van der Waals surface area contributed by atoms with Crippen LogP contribution in [0.25, 0.3) is 0 Å². The van der Waals surface area contributed by atoms with E-state index < -0.39 is 0 Å². The second-order valence-corrected chi connectivity index (χ2v) is 4.78. The number of ether oxygens (including phenoxy) is 1. The predicted octanol–water partition coefficient (Wildman–Crippen LogP) is 2.41. The number of rotatable bonds is 4. The lowest BCUT2D eigenvalue weighted by Crippen LogP contribution is -2.29. The Morgan fingerprint density at radius 1 is 1.33 bits per heavy atom. The fourth-order valence-electron chi connectivity index (χ4n) is 2.50. The van der Waals surface area contributed by atoms with Crippen LogP contribution in [0.5, 0.6) is 0 Å². The summed E-state index contributed by atoms with van der Waals surface area (Å²) < 4.78 is 5.11. The van der Waals surface area contributed by atoms with E-state index in [1.165, 1.54) is 12.8 Å². The molecule has 1 fully saturated rings. The molecule has 1 saturated heterocycles. The molecule has 1 aliphatic rings. The molecule has 0 saturated carbocycles. The Kier molecular flexibility index (Phi) is 4.76. The van der Waals surface area contributed by atoms with Gasteiger partial charge in [0.25, 0.3) is 0 Å². The van der Waals surface area contributed by atoms with Crippen molar-refractivity contribution in [2.75, 3.05) is 19.7 Å². The number of piperidine rings is 1. The minimum atomic E-state index is -0.193. The molecular formula is C15H21NO2. The smallest absolute Gasteiger partial charge is 0.338 e. The van der Waals surface area contributed by atoms with Gasteiger partial charge >= 0.3 is 5.97 Å². The van der Waals surface area contributed by atoms with E-state index in [9.17, 15) is 4.79 Å². The van der Waals surface area contributed by atoms with Crippen LogP contribution in [0.2, 0.25) is 0 Å². The molecule has 1 aromatic rings. The van der Waals surface area contributed by atoms with Crippen LogP contribution in [0.3, 0.4) is 0 Å². The Hall–Kier alpha value is -1.35. The summed E-state index contributed by atoms with van der Waals surface area (Å²) >= 11 is 0. The zero-order valence-corrected chi connectivity index (χ0v) is 10.9. The topological polar surface area (TPSA) is 38.3 Å². The monoisotopic (exact) mass is 247 g/mol. The van der Waals surface area contributed by atoms with Gasteiger partial charge in [0.05, 0.1) is 12.2 Å². The fraction of sp³-hybridized carbons (Fsp3) is 0.533. The van der Waals surface area contributed by atoms with E-state index in [4.69, 9.17) is 4.74 Å². The van der Waals surface area contributed by atoms with E-state index in [0.29, 0.717) is 12.5 Å². The van der Waals surface area contributed by atoms with E-state index in [0.717, 1.165) is 30.6 Å². The molecule has 1 aromatic carbocycles. The lowest BCUT2D eigenvalue weighted by atomic mass is 9.89. The first-order valence-electron chi connectivity index (χ1n) is 6.77. The molecule has 3 heteroatoms. The maximum absolute atomic E-state index is 11.9. The van der Waals surface area contributed by atoms with Gasteiger partial charge in [-0.25, -0.2) is 4.79 Å². The molecule has 2 rings (SSSR count). The first-order chi connectivity index (χ1) is 8.81. The van der Waals surface area contributed by atoms with Crippen LogP contribution >= 0.6 is 0 Å². The second kappa shape index (κ2) is 6.55. The van der Waals surface area contributed by atoms with Crippen LogP contribution in [0.4, 0.5) is 0 Å². The van der Waals surface area contributed by atoms with Crippen molar-refractivity contribution in [3.05, 3.63) is 35.4 Å². The maximum atomic E-state index is 11.9. The summed E-state index contributed by atoms with van der Waals surface area (Å²) in [5.41, 5.74) is 1.86. The summed E-state index contributed by atoms with van der Waals surface area (Å²) in [6.45, 7) is 4.45.